The zero-order valence-electron chi connectivity index (χ0n) is 16.9. The van der Waals surface area contributed by atoms with E-state index in [1.54, 1.807) is 0 Å². The van der Waals surface area contributed by atoms with Crippen molar-refractivity contribution < 1.29 is 4.79 Å². The second-order valence-corrected chi connectivity index (χ2v) is 12.5. The summed E-state index contributed by atoms with van der Waals surface area (Å²) in [5, 5.41) is 2.44. The molecule has 1 aliphatic rings. The molecule has 0 amide bonds. The van der Waals surface area contributed by atoms with Crippen LogP contribution in [-0.4, -0.2) is 42.0 Å². The first-order valence-electron chi connectivity index (χ1n) is 8.94. The maximum atomic E-state index is 13.4. The highest BCUT2D eigenvalue weighted by atomic mass is 28.3. The Kier molecular flexibility index (Phi) is 4.35. The van der Waals surface area contributed by atoms with E-state index < -0.39 is 8.07 Å². The van der Waals surface area contributed by atoms with Crippen LogP contribution in [0.25, 0.3) is 5.57 Å². The van der Waals surface area contributed by atoms with E-state index in [2.05, 4.69) is 47.7 Å². The van der Waals surface area contributed by atoms with E-state index in [-0.39, 0.29) is 5.78 Å². The monoisotopic (exact) mass is 364 g/mol. The topological polar surface area (TPSA) is 23.6 Å². The Morgan fingerprint density at radius 3 is 2.04 bits per heavy atom. The molecule has 3 rings (SSSR count). The average Bonchev–Trinajstić information content (AvgIpc) is 2.58. The molecule has 0 saturated carbocycles. The first-order valence-corrected chi connectivity index (χ1v) is 11.9. The molecular weight excluding hydrogens is 336 g/mol. The van der Waals surface area contributed by atoms with Crippen LogP contribution >= 0.6 is 0 Å². The van der Waals surface area contributed by atoms with Crippen LogP contribution in [0.3, 0.4) is 0 Å². The number of benzene rings is 2. The fourth-order valence-corrected chi connectivity index (χ4v) is 6.82. The Bertz CT molecular complexity index is 926. The summed E-state index contributed by atoms with van der Waals surface area (Å²) in [5.41, 5.74) is 5.92. The minimum atomic E-state index is -2.02. The van der Waals surface area contributed by atoms with Gasteiger partial charge < -0.3 is 9.80 Å². The number of nitrogens with zero attached hydrogens (tertiary/aromatic N) is 2. The molecule has 0 fully saturated rings. The molecule has 0 spiro atoms. The number of allylic oxidation sites excluding steroid dienone is 1. The summed E-state index contributed by atoms with van der Waals surface area (Å²) in [7, 11) is 6.14. The zero-order chi connectivity index (χ0) is 19.4. The van der Waals surface area contributed by atoms with Crippen LogP contribution in [0.4, 0.5) is 11.4 Å². The fraction of sp³-hybridized carbons (Fsp3) is 0.318. The van der Waals surface area contributed by atoms with Gasteiger partial charge in [-0.15, -0.1) is 0 Å². The Hall–Kier alpha value is -2.33. The van der Waals surface area contributed by atoms with Crippen molar-refractivity contribution in [2.75, 3.05) is 38.0 Å². The van der Waals surface area contributed by atoms with Gasteiger partial charge in [0.25, 0.3) is 0 Å². The molecule has 0 aliphatic carbocycles. The van der Waals surface area contributed by atoms with E-state index in [9.17, 15) is 4.79 Å². The van der Waals surface area contributed by atoms with Crippen LogP contribution < -0.4 is 20.2 Å². The van der Waals surface area contributed by atoms with Gasteiger partial charge in [0.15, 0.2) is 5.78 Å². The second-order valence-electron chi connectivity index (χ2n) is 8.17. The molecule has 0 aromatic heterocycles. The highest BCUT2D eigenvalue weighted by Crippen LogP contribution is 2.30. The molecule has 4 heteroatoms. The number of hydrogen-bond acceptors (Lipinski definition) is 3. The van der Waals surface area contributed by atoms with Crippen molar-refractivity contribution in [2.45, 2.75) is 20.0 Å². The Labute approximate surface area is 158 Å². The second kappa shape index (κ2) is 6.13. The predicted octanol–water partition coefficient (Wildman–Crippen LogP) is 3.22. The highest BCUT2D eigenvalue weighted by molar-refractivity contribution is 7.02. The first-order chi connectivity index (χ1) is 12.1. The van der Waals surface area contributed by atoms with Gasteiger partial charge in [-0.2, -0.15) is 0 Å². The van der Waals surface area contributed by atoms with Gasteiger partial charge in [-0.05, 0) is 53.2 Å². The lowest BCUT2D eigenvalue weighted by Crippen LogP contribution is -2.60. The molecule has 0 unspecified atom stereocenters. The van der Waals surface area contributed by atoms with Crippen LogP contribution in [-0.2, 0) is 0 Å². The number of carbonyl (C=O) groups is 1. The summed E-state index contributed by atoms with van der Waals surface area (Å²) in [6.45, 7) is 10.8. The van der Waals surface area contributed by atoms with Crippen molar-refractivity contribution in [1.82, 2.24) is 0 Å². The van der Waals surface area contributed by atoms with Gasteiger partial charge in [0.1, 0.15) is 8.07 Å². The lowest BCUT2D eigenvalue weighted by molar-refractivity contribution is 0.104. The maximum Gasteiger partial charge on any atom is 0.193 e. The SMILES string of the molecule is C=C(C)c1cc(N(C)C)cc2c1C(=O)c1ccc(N(C)C)cc1[Si]2(C)C. The third-order valence-corrected chi connectivity index (χ3v) is 8.94. The quantitative estimate of drug-likeness (QED) is 0.782. The minimum Gasteiger partial charge on any atom is -0.378 e. The molecule has 0 saturated heterocycles. The van der Waals surface area contributed by atoms with Crippen LogP contribution in [0, 0.1) is 0 Å². The lowest BCUT2D eigenvalue weighted by Gasteiger charge is -2.35. The van der Waals surface area contributed by atoms with Gasteiger partial charge in [0.05, 0.1) is 0 Å². The summed E-state index contributed by atoms with van der Waals surface area (Å²) in [6, 6.07) is 10.6. The van der Waals surface area contributed by atoms with Crippen molar-refractivity contribution in [3.8, 4) is 0 Å². The Morgan fingerprint density at radius 2 is 1.50 bits per heavy atom. The first kappa shape index (κ1) is 18.5. The third-order valence-electron chi connectivity index (χ3n) is 5.44. The van der Waals surface area contributed by atoms with E-state index in [0.717, 1.165) is 33.6 Å². The van der Waals surface area contributed by atoms with E-state index in [1.165, 1.54) is 10.4 Å². The van der Waals surface area contributed by atoms with Gasteiger partial charge >= 0.3 is 0 Å². The van der Waals surface area contributed by atoms with Crippen molar-refractivity contribution in [3.63, 3.8) is 0 Å². The molecule has 2 aromatic carbocycles. The standard InChI is InChI=1S/C22H28N2OSi/c1-14(2)18-11-16(24(5)6)13-20-21(18)22(25)17-10-9-15(23(3)4)12-19(17)26(20,7)8/h9-13H,1H2,2-8H3. The molecule has 3 nitrogen and oxygen atoms in total. The van der Waals surface area contributed by atoms with Crippen molar-refractivity contribution in [3.05, 3.63) is 53.6 Å². The van der Waals surface area contributed by atoms with Gasteiger partial charge in [-0.1, -0.05) is 25.2 Å². The van der Waals surface area contributed by atoms with Gasteiger partial charge in [0, 0.05) is 50.7 Å². The molecule has 1 heterocycles. The van der Waals surface area contributed by atoms with E-state index in [0.29, 0.717) is 0 Å². The average molecular weight is 365 g/mol. The van der Waals surface area contributed by atoms with Gasteiger partial charge in [-0.3, -0.25) is 4.79 Å². The van der Waals surface area contributed by atoms with Gasteiger partial charge in [0.2, 0.25) is 0 Å². The number of fused-ring (bicyclic) bond motifs is 2. The highest BCUT2D eigenvalue weighted by Gasteiger charge is 2.40. The minimum absolute atomic E-state index is 0.135. The predicted molar refractivity (Wildman–Crippen MR) is 116 cm³/mol. The van der Waals surface area contributed by atoms with Crippen molar-refractivity contribution >= 4 is 41.2 Å². The molecule has 26 heavy (non-hydrogen) atoms. The molecule has 0 N–H and O–H groups in total. The van der Waals surface area contributed by atoms with Crippen molar-refractivity contribution in [1.29, 1.82) is 0 Å². The third kappa shape index (κ3) is 2.69. The molecule has 136 valence electrons. The van der Waals surface area contributed by atoms with E-state index in [1.807, 2.05) is 47.2 Å². The zero-order valence-corrected chi connectivity index (χ0v) is 17.9. The number of anilines is 2. The normalized spacial score (nSPS) is 14.5. The van der Waals surface area contributed by atoms with E-state index >= 15 is 0 Å². The van der Waals surface area contributed by atoms with E-state index in [4.69, 9.17) is 0 Å². The summed E-state index contributed by atoms with van der Waals surface area (Å²) in [4.78, 5) is 17.6. The molecular formula is C22H28N2OSi. The largest absolute Gasteiger partial charge is 0.378 e. The maximum absolute atomic E-state index is 13.4. The summed E-state index contributed by atoms with van der Waals surface area (Å²) in [5.74, 6) is 0.135. The summed E-state index contributed by atoms with van der Waals surface area (Å²) in [6.07, 6.45) is 0. The molecule has 0 radical (unpaired) electrons. The number of carbonyl (C=O) groups excluding carboxylic acids is 1. The van der Waals surface area contributed by atoms with Crippen molar-refractivity contribution in [2.24, 2.45) is 0 Å². The number of hydrogen-bond donors (Lipinski definition) is 0. The van der Waals surface area contributed by atoms with Crippen LogP contribution in [0.1, 0.15) is 28.4 Å². The number of ketones is 1. The smallest absolute Gasteiger partial charge is 0.193 e. The van der Waals surface area contributed by atoms with Crippen LogP contribution in [0.15, 0.2) is 36.9 Å². The molecule has 2 aromatic rings. The summed E-state index contributed by atoms with van der Waals surface area (Å²) >= 11 is 0. The van der Waals surface area contributed by atoms with Crippen LogP contribution in [0.2, 0.25) is 13.1 Å². The lowest BCUT2D eigenvalue weighted by atomic mass is 9.93. The molecule has 1 aliphatic heterocycles. The summed E-state index contributed by atoms with van der Waals surface area (Å²) < 4.78 is 0. The van der Waals surface area contributed by atoms with Crippen LogP contribution in [0.5, 0.6) is 0 Å². The number of rotatable bonds is 3. The van der Waals surface area contributed by atoms with Gasteiger partial charge in [-0.25, -0.2) is 0 Å². The Morgan fingerprint density at radius 1 is 0.923 bits per heavy atom. The Balaban J connectivity index is 2.37. The fourth-order valence-electron chi connectivity index (χ4n) is 3.76. The molecule has 0 atom stereocenters. The molecule has 0 bridgehead atoms.